The summed E-state index contributed by atoms with van der Waals surface area (Å²) in [5, 5.41) is 7.51. The third-order valence-electron chi connectivity index (χ3n) is 13.7. The number of likely N-dealkylation sites (tertiary alicyclic amines) is 1. The van der Waals surface area contributed by atoms with Crippen molar-refractivity contribution in [3.05, 3.63) is 77.9 Å². The fourth-order valence-corrected chi connectivity index (χ4v) is 10.3. The molecular formula is C50H57N7O8. The van der Waals surface area contributed by atoms with E-state index < -0.39 is 24.3 Å². The predicted molar refractivity (Wildman–Crippen MR) is 246 cm³/mol. The Hall–Kier alpha value is -6.48. The SMILES string of the molecule is COC[C@@H]1CC(C(=O)[C@@H](NC(=O)OC)C(C)C)C(c2nc3ccc4cc5c(cc4c3[nH]2)OCc2cc(-c3ccc4nc([C@@H]6CCCN6C(=O)[C@@H](NC(=O)OC)C(C)C)[nH]c4c3)ccc2-5)C1. The van der Waals surface area contributed by atoms with Crippen molar-refractivity contribution in [2.24, 2.45) is 23.7 Å². The number of nitrogens with zero attached hydrogens (tertiary/aromatic N) is 3. The van der Waals surface area contributed by atoms with E-state index in [4.69, 9.17) is 28.9 Å². The van der Waals surface area contributed by atoms with Gasteiger partial charge in [0.25, 0.3) is 0 Å². The largest absolute Gasteiger partial charge is 0.488 e. The predicted octanol–water partition coefficient (Wildman–Crippen LogP) is 8.57. The van der Waals surface area contributed by atoms with E-state index in [1.807, 2.05) is 44.7 Å². The van der Waals surface area contributed by atoms with Crippen molar-refractivity contribution in [3.8, 4) is 28.0 Å². The standard InChI is InChI=1S/C50H57N7O8/c1-25(2)42(55-49(60)63-6)45(58)35-17-27(23-62-5)18-36(35)46-52-38-15-12-30-20-34-32-13-10-28(19-31(32)24-65-41(34)22-33(30)44(38)54-46)29-11-14-37-39(21-29)53-47(51-37)40-9-8-16-57(40)48(59)43(26(3)4)56-50(61)64-7/h10-15,19-22,25-27,35-36,40,42-43H,8-9,16-18,23-24H2,1-7H3,(H,51,53)(H,52,54)(H,55,60)(H,56,61)/t27-,35?,36?,40+,42+,43+/m1/s1. The molecular weight excluding hydrogens is 827 g/mol. The number of methoxy groups -OCH3 is 3. The maximum Gasteiger partial charge on any atom is 0.407 e. The van der Waals surface area contributed by atoms with Crippen LogP contribution >= 0.6 is 0 Å². The molecule has 3 aliphatic rings. The molecule has 1 aliphatic carbocycles. The van der Waals surface area contributed by atoms with Crippen LogP contribution in [0.15, 0.2) is 60.7 Å². The Labute approximate surface area is 377 Å². The van der Waals surface area contributed by atoms with Crippen molar-refractivity contribution >= 4 is 56.7 Å². The number of carbonyl (C=O) groups is 4. The van der Waals surface area contributed by atoms with E-state index in [2.05, 4.69) is 69.1 Å². The van der Waals surface area contributed by atoms with E-state index in [0.29, 0.717) is 26.2 Å². The highest BCUT2D eigenvalue weighted by atomic mass is 16.5. The van der Waals surface area contributed by atoms with Gasteiger partial charge in [-0.05, 0) is 107 Å². The zero-order valence-electron chi connectivity index (χ0n) is 37.9. The van der Waals surface area contributed by atoms with Gasteiger partial charge in [0, 0.05) is 43.0 Å². The molecule has 0 bridgehead atoms. The Balaban J connectivity index is 0.972. The van der Waals surface area contributed by atoms with Gasteiger partial charge >= 0.3 is 12.2 Å². The minimum Gasteiger partial charge on any atom is -0.488 e. The minimum atomic E-state index is -0.702. The maximum absolute atomic E-state index is 14.2. The molecule has 6 atom stereocenters. The number of ether oxygens (including phenoxy) is 4. The average Bonchev–Trinajstić information content (AvgIpc) is 4.14. The molecule has 4 N–H and O–H groups in total. The molecule has 4 aromatic carbocycles. The number of carbonyl (C=O) groups excluding carboxylic acids is 4. The second-order valence-corrected chi connectivity index (χ2v) is 18.5. The number of fused-ring (bicyclic) bond motifs is 7. The number of amides is 3. The van der Waals surface area contributed by atoms with Crippen LogP contribution in [-0.4, -0.2) is 95.3 Å². The van der Waals surface area contributed by atoms with Gasteiger partial charge in [-0.15, -0.1) is 0 Å². The number of aromatic nitrogens is 4. The monoisotopic (exact) mass is 883 g/mol. The first-order valence-electron chi connectivity index (χ1n) is 22.6. The van der Waals surface area contributed by atoms with Crippen molar-refractivity contribution in [1.82, 2.24) is 35.5 Å². The number of alkyl carbamates (subject to hydrolysis) is 2. The van der Waals surface area contributed by atoms with Gasteiger partial charge in [-0.25, -0.2) is 19.6 Å². The van der Waals surface area contributed by atoms with Crippen LogP contribution in [0, 0.1) is 23.7 Å². The van der Waals surface area contributed by atoms with Crippen molar-refractivity contribution in [3.63, 3.8) is 0 Å². The number of aromatic amines is 2. The summed E-state index contributed by atoms with van der Waals surface area (Å²) >= 11 is 0. The molecule has 4 heterocycles. The molecule has 2 unspecified atom stereocenters. The lowest BCUT2D eigenvalue weighted by Gasteiger charge is -2.29. The molecule has 1 saturated heterocycles. The topological polar surface area (TPSA) is 190 Å². The fourth-order valence-electron chi connectivity index (χ4n) is 10.3. The van der Waals surface area contributed by atoms with Crippen LogP contribution in [0.25, 0.3) is 55.1 Å². The van der Waals surface area contributed by atoms with E-state index in [1.54, 1.807) is 7.11 Å². The molecule has 340 valence electrons. The van der Waals surface area contributed by atoms with Crippen molar-refractivity contribution < 1.29 is 38.1 Å². The van der Waals surface area contributed by atoms with Gasteiger partial charge in [-0.3, -0.25) is 9.59 Å². The number of H-pyrrole nitrogens is 2. The van der Waals surface area contributed by atoms with Crippen LogP contribution in [0.5, 0.6) is 5.75 Å². The molecule has 0 spiro atoms. The Morgan fingerprint density at radius 2 is 1.51 bits per heavy atom. The van der Waals surface area contributed by atoms with E-state index in [1.165, 1.54) is 14.2 Å². The molecule has 9 rings (SSSR count). The van der Waals surface area contributed by atoms with Gasteiger partial charge in [0.15, 0.2) is 5.78 Å². The summed E-state index contributed by atoms with van der Waals surface area (Å²) in [6.07, 6.45) is 1.74. The van der Waals surface area contributed by atoms with Gasteiger partial charge in [-0.2, -0.15) is 0 Å². The Bertz CT molecular complexity index is 2810. The van der Waals surface area contributed by atoms with E-state index in [9.17, 15) is 19.2 Å². The van der Waals surface area contributed by atoms with E-state index in [0.717, 1.165) is 97.3 Å². The Kier molecular flexibility index (Phi) is 12.0. The molecule has 2 aliphatic heterocycles. The zero-order valence-corrected chi connectivity index (χ0v) is 37.9. The summed E-state index contributed by atoms with van der Waals surface area (Å²) in [4.78, 5) is 71.2. The summed E-state index contributed by atoms with van der Waals surface area (Å²) in [6.45, 7) is 9.19. The summed E-state index contributed by atoms with van der Waals surface area (Å²) in [7, 11) is 4.28. The van der Waals surface area contributed by atoms with Gasteiger partial charge in [0.2, 0.25) is 5.91 Å². The highest BCUT2D eigenvalue weighted by Crippen LogP contribution is 2.46. The summed E-state index contributed by atoms with van der Waals surface area (Å²) in [5.41, 5.74) is 8.66. The van der Waals surface area contributed by atoms with Gasteiger partial charge in [-0.1, -0.05) is 52.0 Å². The van der Waals surface area contributed by atoms with Crippen LogP contribution in [0.2, 0.25) is 0 Å². The Morgan fingerprint density at radius 1 is 0.800 bits per heavy atom. The first-order chi connectivity index (χ1) is 31.3. The van der Waals surface area contributed by atoms with Crippen LogP contribution in [0.1, 0.15) is 82.6 Å². The third kappa shape index (κ3) is 8.26. The first-order valence-corrected chi connectivity index (χ1v) is 22.6. The average molecular weight is 884 g/mol. The quantitative estimate of drug-likeness (QED) is 0.0927. The van der Waals surface area contributed by atoms with Crippen molar-refractivity contribution in [2.45, 2.75) is 84.0 Å². The smallest absolute Gasteiger partial charge is 0.407 e. The van der Waals surface area contributed by atoms with Gasteiger partial charge in [0.05, 0.1) is 48.4 Å². The maximum atomic E-state index is 14.2. The molecule has 2 aromatic heterocycles. The lowest BCUT2D eigenvalue weighted by Crippen LogP contribution is -2.51. The second-order valence-electron chi connectivity index (χ2n) is 18.5. The normalized spacial score (nSPS) is 20.2. The molecule has 15 nitrogen and oxygen atoms in total. The Morgan fingerprint density at radius 3 is 2.25 bits per heavy atom. The van der Waals surface area contributed by atoms with E-state index in [-0.39, 0.29) is 47.3 Å². The lowest BCUT2D eigenvalue weighted by molar-refractivity contribution is -0.135. The van der Waals surface area contributed by atoms with Crippen molar-refractivity contribution in [2.75, 3.05) is 34.5 Å². The van der Waals surface area contributed by atoms with Crippen LogP contribution in [-0.2, 0) is 30.4 Å². The molecule has 15 heteroatoms. The summed E-state index contributed by atoms with van der Waals surface area (Å²) < 4.78 is 21.7. The highest BCUT2D eigenvalue weighted by Gasteiger charge is 2.44. The van der Waals surface area contributed by atoms with Crippen LogP contribution < -0.4 is 15.4 Å². The number of nitrogens with one attached hydrogen (secondary N) is 4. The molecule has 2 fully saturated rings. The number of Topliss-reactive ketones (excluding diaryl/α,β-unsaturated/α-hetero) is 1. The summed E-state index contributed by atoms with van der Waals surface area (Å²) in [6, 6.07) is 19.4. The number of hydrogen-bond donors (Lipinski definition) is 4. The number of imidazole rings is 2. The molecule has 65 heavy (non-hydrogen) atoms. The van der Waals surface area contributed by atoms with Crippen LogP contribution in [0.4, 0.5) is 9.59 Å². The highest BCUT2D eigenvalue weighted by molar-refractivity contribution is 6.07. The lowest BCUT2D eigenvalue weighted by atomic mass is 9.84. The van der Waals surface area contributed by atoms with E-state index >= 15 is 0 Å². The third-order valence-corrected chi connectivity index (χ3v) is 13.7. The molecule has 3 amide bonds. The van der Waals surface area contributed by atoms with Gasteiger partial charge < -0.3 is 44.4 Å². The summed E-state index contributed by atoms with van der Waals surface area (Å²) in [5.74, 6) is 1.51. The number of benzene rings is 4. The molecule has 0 radical (unpaired) electrons. The molecule has 1 saturated carbocycles. The minimum absolute atomic E-state index is 0.0199. The van der Waals surface area contributed by atoms with Crippen LogP contribution in [0.3, 0.4) is 0 Å². The number of hydrogen-bond acceptors (Lipinski definition) is 10. The number of ketones is 1. The zero-order chi connectivity index (χ0) is 45.7. The second kappa shape index (κ2) is 17.8. The van der Waals surface area contributed by atoms with Crippen molar-refractivity contribution in [1.29, 1.82) is 0 Å². The fraction of sp³-hybridized carbons (Fsp3) is 0.440. The first kappa shape index (κ1) is 43.8. The number of rotatable bonds is 12. The molecule has 6 aromatic rings. The van der Waals surface area contributed by atoms with Gasteiger partial charge in [0.1, 0.15) is 30.0 Å².